The second kappa shape index (κ2) is 8.60. The number of carbonyl (C=O) groups excluding carboxylic acids is 1. The van der Waals surface area contributed by atoms with E-state index in [-0.39, 0.29) is 5.69 Å². The summed E-state index contributed by atoms with van der Waals surface area (Å²) in [5.74, 6) is -0.436. The molecule has 30 heavy (non-hydrogen) atoms. The summed E-state index contributed by atoms with van der Waals surface area (Å²) >= 11 is 0. The molecule has 0 radical (unpaired) electrons. The number of hydrazone groups is 1. The number of aryl methyl sites for hydroxylation is 1. The third-order valence-corrected chi connectivity index (χ3v) is 4.80. The van der Waals surface area contributed by atoms with Gasteiger partial charge in [0.2, 0.25) is 0 Å². The lowest BCUT2D eigenvalue weighted by Crippen LogP contribution is -2.17. The summed E-state index contributed by atoms with van der Waals surface area (Å²) in [4.78, 5) is 24.4. The smallest absolute Gasteiger partial charge is 0.271 e. The second-order valence-corrected chi connectivity index (χ2v) is 7.08. The molecule has 154 valence electrons. The molecule has 0 spiro atoms. The number of carbonyl (C=O) groups is 1. The van der Waals surface area contributed by atoms with Crippen molar-refractivity contribution in [2.24, 2.45) is 5.10 Å². The predicted octanol–water partition coefficient (Wildman–Crippen LogP) is 3.83. The number of nitrogens with one attached hydrogen (secondary N) is 1. The van der Waals surface area contributed by atoms with Crippen molar-refractivity contribution in [3.8, 4) is 5.69 Å². The van der Waals surface area contributed by atoms with Crippen molar-refractivity contribution in [1.29, 1.82) is 0 Å². The minimum atomic E-state index is -0.510. The van der Waals surface area contributed by atoms with E-state index in [1.54, 1.807) is 6.21 Å². The number of nitro groups is 1. The first-order chi connectivity index (χ1) is 14.3. The Labute approximate surface area is 174 Å². The Morgan fingerprint density at radius 2 is 1.73 bits per heavy atom. The molecule has 1 aromatic heterocycles. The van der Waals surface area contributed by atoms with Crippen molar-refractivity contribution in [3.05, 3.63) is 87.2 Å². The molecule has 1 heterocycles. The van der Waals surface area contributed by atoms with Gasteiger partial charge in [-0.05, 0) is 56.3 Å². The van der Waals surface area contributed by atoms with Gasteiger partial charge in [-0.1, -0.05) is 0 Å². The van der Waals surface area contributed by atoms with Crippen LogP contribution in [0.5, 0.6) is 0 Å². The fourth-order valence-corrected chi connectivity index (χ4v) is 3.17. The topological polar surface area (TPSA) is 92.8 Å². The molecule has 2 aromatic carbocycles. The standard InChI is InChI=1S/C22H23N5O3/c1-15-13-18(16(2)26(15)20-11-9-19(10-12-20)25(3)4)14-23-24-22(28)17-5-7-21(8-6-17)27(29)30/h5-14H,1-4H3,(H,24,28)/b23-14-. The number of non-ortho nitro benzene ring substituents is 1. The Morgan fingerprint density at radius 1 is 1.10 bits per heavy atom. The maximum atomic E-state index is 12.2. The Kier molecular flexibility index (Phi) is 5.96. The summed E-state index contributed by atoms with van der Waals surface area (Å²) in [6.45, 7) is 4.01. The van der Waals surface area contributed by atoms with Gasteiger partial charge in [0.1, 0.15) is 0 Å². The zero-order chi connectivity index (χ0) is 21.8. The Bertz CT molecular complexity index is 1100. The number of aromatic nitrogens is 1. The zero-order valence-corrected chi connectivity index (χ0v) is 17.3. The molecule has 0 bridgehead atoms. The van der Waals surface area contributed by atoms with Crippen molar-refractivity contribution in [3.63, 3.8) is 0 Å². The fourth-order valence-electron chi connectivity index (χ4n) is 3.17. The van der Waals surface area contributed by atoms with E-state index >= 15 is 0 Å². The van der Waals surface area contributed by atoms with Crippen LogP contribution in [-0.2, 0) is 0 Å². The molecule has 0 saturated heterocycles. The molecule has 0 aliphatic carbocycles. The Balaban J connectivity index is 1.74. The Morgan fingerprint density at radius 3 is 2.30 bits per heavy atom. The molecular weight excluding hydrogens is 382 g/mol. The summed E-state index contributed by atoms with van der Waals surface area (Å²) in [6, 6.07) is 15.6. The zero-order valence-electron chi connectivity index (χ0n) is 17.3. The molecule has 0 aliphatic rings. The monoisotopic (exact) mass is 405 g/mol. The molecule has 0 saturated carbocycles. The van der Waals surface area contributed by atoms with Crippen molar-refractivity contribution in [2.75, 3.05) is 19.0 Å². The maximum Gasteiger partial charge on any atom is 0.271 e. The third kappa shape index (κ3) is 4.38. The largest absolute Gasteiger partial charge is 0.378 e. The molecule has 1 amide bonds. The number of nitro benzene ring substituents is 1. The van der Waals surface area contributed by atoms with Gasteiger partial charge >= 0.3 is 0 Å². The second-order valence-electron chi connectivity index (χ2n) is 7.08. The van der Waals surface area contributed by atoms with Crippen LogP contribution < -0.4 is 10.3 Å². The predicted molar refractivity (Wildman–Crippen MR) is 118 cm³/mol. The van der Waals surface area contributed by atoms with Gasteiger partial charge in [-0.3, -0.25) is 14.9 Å². The summed E-state index contributed by atoms with van der Waals surface area (Å²) in [6.07, 6.45) is 1.59. The SMILES string of the molecule is Cc1cc(/C=N\NC(=O)c2ccc([N+](=O)[O-])cc2)c(C)n1-c1ccc(N(C)C)cc1. The van der Waals surface area contributed by atoms with Crippen molar-refractivity contribution < 1.29 is 9.72 Å². The number of hydrogen-bond donors (Lipinski definition) is 1. The lowest BCUT2D eigenvalue weighted by Gasteiger charge is -2.14. The van der Waals surface area contributed by atoms with E-state index in [9.17, 15) is 14.9 Å². The lowest BCUT2D eigenvalue weighted by molar-refractivity contribution is -0.384. The van der Waals surface area contributed by atoms with Gasteiger partial charge in [-0.15, -0.1) is 0 Å². The molecule has 8 nitrogen and oxygen atoms in total. The maximum absolute atomic E-state index is 12.2. The van der Waals surface area contributed by atoms with Gasteiger partial charge in [-0.2, -0.15) is 5.10 Å². The third-order valence-electron chi connectivity index (χ3n) is 4.80. The minimum Gasteiger partial charge on any atom is -0.378 e. The van der Waals surface area contributed by atoms with Crippen LogP contribution in [0.25, 0.3) is 5.69 Å². The number of anilines is 1. The van der Waals surface area contributed by atoms with Crippen LogP contribution >= 0.6 is 0 Å². The van der Waals surface area contributed by atoms with Crippen LogP contribution in [-0.4, -0.2) is 35.7 Å². The average molecular weight is 405 g/mol. The molecule has 0 fully saturated rings. The van der Waals surface area contributed by atoms with Crippen molar-refractivity contribution in [2.45, 2.75) is 13.8 Å². The van der Waals surface area contributed by atoms with Crippen LogP contribution in [0.1, 0.15) is 27.3 Å². The molecule has 8 heteroatoms. The number of benzene rings is 2. The lowest BCUT2D eigenvalue weighted by atomic mass is 10.2. The summed E-state index contributed by atoms with van der Waals surface area (Å²) in [7, 11) is 4.00. The first-order valence-corrected chi connectivity index (χ1v) is 9.32. The van der Waals surface area contributed by atoms with Crippen LogP contribution in [0.3, 0.4) is 0 Å². The van der Waals surface area contributed by atoms with Crippen LogP contribution in [0.2, 0.25) is 0 Å². The van der Waals surface area contributed by atoms with E-state index in [1.165, 1.54) is 24.3 Å². The van der Waals surface area contributed by atoms with Crippen LogP contribution in [0.4, 0.5) is 11.4 Å². The highest BCUT2D eigenvalue weighted by Crippen LogP contribution is 2.22. The normalized spacial score (nSPS) is 10.9. The van der Waals surface area contributed by atoms with E-state index in [0.717, 1.165) is 28.3 Å². The molecule has 3 aromatic rings. The van der Waals surface area contributed by atoms with Gasteiger partial charge in [0.05, 0.1) is 11.1 Å². The molecule has 0 atom stereocenters. The molecule has 3 rings (SSSR count). The van der Waals surface area contributed by atoms with Crippen molar-refractivity contribution in [1.82, 2.24) is 9.99 Å². The van der Waals surface area contributed by atoms with Gasteiger partial charge < -0.3 is 9.47 Å². The summed E-state index contributed by atoms with van der Waals surface area (Å²) in [5.41, 5.74) is 7.78. The fraction of sp³-hybridized carbons (Fsp3) is 0.182. The van der Waals surface area contributed by atoms with E-state index in [4.69, 9.17) is 0 Å². The van der Waals surface area contributed by atoms with Gasteiger partial charge in [-0.25, -0.2) is 5.43 Å². The van der Waals surface area contributed by atoms with E-state index < -0.39 is 10.8 Å². The van der Waals surface area contributed by atoms with Gasteiger partial charge in [0, 0.05) is 60.1 Å². The van der Waals surface area contributed by atoms with Crippen LogP contribution in [0, 0.1) is 24.0 Å². The van der Waals surface area contributed by atoms with E-state index in [2.05, 4.69) is 39.4 Å². The van der Waals surface area contributed by atoms with Crippen LogP contribution in [0.15, 0.2) is 59.7 Å². The first kappa shape index (κ1) is 20.8. The first-order valence-electron chi connectivity index (χ1n) is 9.32. The quantitative estimate of drug-likeness (QED) is 0.383. The number of hydrogen-bond acceptors (Lipinski definition) is 5. The minimum absolute atomic E-state index is 0.0684. The molecule has 0 unspecified atom stereocenters. The number of amides is 1. The average Bonchev–Trinajstić information content (AvgIpc) is 3.01. The van der Waals surface area contributed by atoms with Crippen molar-refractivity contribution >= 4 is 23.5 Å². The number of rotatable bonds is 6. The van der Waals surface area contributed by atoms with Gasteiger partial charge in [0.25, 0.3) is 11.6 Å². The highest BCUT2D eigenvalue weighted by Gasteiger charge is 2.11. The number of nitrogens with zero attached hydrogens (tertiary/aromatic N) is 4. The van der Waals surface area contributed by atoms with Gasteiger partial charge in [0.15, 0.2) is 0 Å². The Hall–Kier alpha value is -3.94. The summed E-state index contributed by atoms with van der Waals surface area (Å²) in [5, 5.41) is 14.7. The molecular formula is C22H23N5O3. The van der Waals surface area contributed by atoms with E-state index in [0.29, 0.717) is 5.56 Å². The summed E-state index contributed by atoms with van der Waals surface area (Å²) < 4.78 is 2.12. The highest BCUT2D eigenvalue weighted by atomic mass is 16.6. The molecule has 0 aliphatic heterocycles. The molecule has 1 N–H and O–H groups in total. The van der Waals surface area contributed by atoms with E-state index in [1.807, 2.05) is 38.9 Å². The highest BCUT2D eigenvalue weighted by molar-refractivity contribution is 5.95.